The van der Waals surface area contributed by atoms with Gasteiger partial charge in [0.25, 0.3) is 0 Å². The summed E-state index contributed by atoms with van der Waals surface area (Å²) in [5.74, 6) is 0. The molecule has 1 aromatic heterocycles. The molecule has 1 fully saturated rings. The molecule has 4 nitrogen and oxygen atoms in total. The second kappa shape index (κ2) is 3.33. The fourth-order valence-electron chi connectivity index (χ4n) is 2.09. The van der Waals surface area contributed by atoms with Crippen molar-refractivity contribution < 1.29 is 4.79 Å². The summed E-state index contributed by atoms with van der Waals surface area (Å²) in [4.78, 5) is 25.0. The topological polar surface area (TPSA) is 54.9 Å². The third-order valence-corrected chi connectivity index (χ3v) is 3.01. The quantitative estimate of drug-likeness (QED) is 0.788. The molecule has 1 saturated carbocycles. The first-order valence-electron chi connectivity index (χ1n) is 5.46. The molecule has 0 atom stereocenters. The maximum Gasteiger partial charge on any atom is 0.326 e. The molecule has 2 aromatic rings. The summed E-state index contributed by atoms with van der Waals surface area (Å²) in [7, 11) is 0. The molecule has 1 aromatic carbocycles. The fourth-order valence-corrected chi connectivity index (χ4v) is 2.09. The molecule has 82 valence electrons. The number of carbonyl (C=O) groups is 1. The van der Waals surface area contributed by atoms with Crippen LogP contribution in [0.4, 0.5) is 0 Å². The summed E-state index contributed by atoms with van der Waals surface area (Å²) in [6.45, 7) is 0. The lowest BCUT2D eigenvalue weighted by atomic mass is 10.1. The number of fused-ring (bicyclic) bond motifs is 1. The van der Waals surface area contributed by atoms with Gasteiger partial charge in [0, 0.05) is 12.5 Å². The van der Waals surface area contributed by atoms with Gasteiger partial charge in [0.15, 0.2) is 0 Å². The van der Waals surface area contributed by atoms with Gasteiger partial charge in [-0.15, -0.1) is 0 Å². The molecule has 0 aliphatic heterocycles. The van der Waals surface area contributed by atoms with Gasteiger partial charge in [0.1, 0.15) is 6.29 Å². The molecule has 0 saturated heterocycles. The predicted molar refractivity (Wildman–Crippen MR) is 60.6 cm³/mol. The fraction of sp³-hybridized carbons (Fsp3) is 0.333. The molecule has 16 heavy (non-hydrogen) atoms. The number of nitrogens with one attached hydrogen (secondary N) is 1. The Kier molecular flexibility index (Phi) is 1.96. The Balaban J connectivity index is 2.22. The van der Waals surface area contributed by atoms with E-state index in [0.717, 1.165) is 35.7 Å². The van der Waals surface area contributed by atoms with Crippen LogP contribution in [0.25, 0.3) is 11.0 Å². The van der Waals surface area contributed by atoms with Crippen molar-refractivity contribution in [2.75, 3.05) is 0 Å². The molecule has 1 heterocycles. The van der Waals surface area contributed by atoms with E-state index in [9.17, 15) is 9.59 Å². The second-order valence-corrected chi connectivity index (χ2v) is 4.25. The maximum absolute atomic E-state index is 11.7. The van der Waals surface area contributed by atoms with E-state index in [0.29, 0.717) is 12.5 Å². The SMILES string of the molecule is O=CCc1ccc2[nH]c(=O)n(C3CC3)c2c1. The van der Waals surface area contributed by atoms with Gasteiger partial charge >= 0.3 is 5.69 Å². The van der Waals surface area contributed by atoms with Gasteiger partial charge in [0.2, 0.25) is 0 Å². The Hall–Kier alpha value is -1.84. The smallest absolute Gasteiger partial charge is 0.306 e. The number of rotatable bonds is 3. The van der Waals surface area contributed by atoms with Crippen LogP contribution in [0.15, 0.2) is 23.0 Å². The average Bonchev–Trinajstić information content (AvgIpc) is 3.02. The number of imidazole rings is 1. The third-order valence-electron chi connectivity index (χ3n) is 3.01. The maximum atomic E-state index is 11.7. The van der Waals surface area contributed by atoms with Crippen LogP contribution in [-0.2, 0) is 11.2 Å². The number of H-pyrrole nitrogens is 1. The highest BCUT2D eigenvalue weighted by atomic mass is 16.1. The summed E-state index contributed by atoms with van der Waals surface area (Å²) < 4.78 is 1.81. The minimum Gasteiger partial charge on any atom is -0.306 e. The van der Waals surface area contributed by atoms with Crippen LogP contribution in [0.5, 0.6) is 0 Å². The van der Waals surface area contributed by atoms with E-state index in [1.165, 1.54) is 0 Å². The molecule has 3 rings (SSSR count). The van der Waals surface area contributed by atoms with Crippen molar-refractivity contribution in [1.82, 2.24) is 9.55 Å². The van der Waals surface area contributed by atoms with Crippen molar-refractivity contribution in [1.29, 1.82) is 0 Å². The van der Waals surface area contributed by atoms with Crippen molar-refractivity contribution >= 4 is 17.3 Å². The Morgan fingerprint density at radius 1 is 1.44 bits per heavy atom. The zero-order valence-corrected chi connectivity index (χ0v) is 8.77. The predicted octanol–water partition coefficient (Wildman–Crippen LogP) is 1.41. The lowest BCUT2D eigenvalue weighted by Crippen LogP contribution is -2.15. The number of aldehydes is 1. The molecule has 0 spiro atoms. The zero-order chi connectivity index (χ0) is 11.1. The minimum absolute atomic E-state index is 0.0410. The number of aromatic nitrogens is 2. The first kappa shape index (κ1) is 9.39. The van der Waals surface area contributed by atoms with Gasteiger partial charge in [-0.05, 0) is 30.5 Å². The van der Waals surface area contributed by atoms with Gasteiger partial charge in [-0.25, -0.2) is 4.79 Å². The van der Waals surface area contributed by atoms with E-state index < -0.39 is 0 Å². The Labute approximate surface area is 91.9 Å². The van der Waals surface area contributed by atoms with E-state index >= 15 is 0 Å². The first-order chi connectivity index (χ1) is 7.79. The molecular formula is C12H12N2O2. The van der Waals surface area contributed by atoms with Crippen LogP contribution in [0.1, 0.15) is 24.4 Å². The van der Waals surface area contributed by atoms with Crippen molar-refractivity contribution in [2.45, 2.75) is 25.3 Å². The summed E-state index contributed by atoms with van der Waals surface area (Å²) in [5, 5.41) is 0. The molecule has 1 aliphatic carbocycles. The van der Waals surface area contributed by atoms with Crippen LogP contribution in [-0.4, -0.2) is 15.8 Å². The summed E-state index contributed by atoms with van der Waals surface area (Å²) in [5.41, 5.74) is 2.69. The van der Waals surface area contributed by atoms with Crippen LogP contribution in [0, 0.1) is 0 Å². The van der Waals surface area contributed by atoms with Crippen molar-refractivity contribution in [2.24, 2.45) is 0 Å². The highest BCUT2D eigenvalue weighted by Crippen LogP contribution is 2.35. The standard InChI is InChI=1S/C12H12N2O2/c15-6-5-8-1-4-10-11(7-8)14(9-2-3-9)12(16)13-10/h1,4,6-7,9H,2-3,5H2,(H,13,16). The van der Waals surface area contributed by atoms with Crippen molar-refractivity contribution in [3.8, 4) is 0 Å². The number of hydrogen-bond acceptors (Lipinski definition) is 2. The van der Waals surface area contributed by atoms with Crippen LogP contribution < -0.4 is 5.69 Å². The Morgan fingerprint density at radius 3 is 2.94 bits per heavy atom. The van der Waals surface area contributed by atoms with Gasteiger partial charge in [-0.2, -0.15) is 0 Å². The molecule has 1 aliphatic rings. The summed E-state index contributed by atoms with van der Waals surface area (Å²) in [6, 6.07) is 6.03. The van der Waals surface area contributed by atoms with E-state index in [1.807, 2.05) is 22.8 Å². The molecular weight excluding hydrogens is 204 g/mol. The Morgan fingerprint density at radius 2 is 2.25 bits per heavy atom. The number of hydrogen-bond donors (Lipinski definition) is 1. The zero-order valence-electron chi connectivity index (χ0n) is 8.77. The van der Waals surface area contributed by atoms with Crippen LogP contribution in [0.3, 0.4) is 0 Å². The van der Waals surface area contributed by atoms with E-state index in [2.05, 4.69) is 4.98 Å². The molecule has 0 amide bonds. The average molecular weight is 216 g/mol. The van der Waals surface area contributed by atoms with Crippen molar-refractivity contribution in [3.05, 3.63) is 34.2 Å². The first-order valence-corrected chi connectivity index (χ1v) is 5.46. The number of nitrogens with zero attached hydrogens (tertiary/aromatic N) is 1. The van der Waals surface area contributed by atoms with Gasteiger partial charge < -0.3 is 9.78 Å². The van der Waals surface area contributed by atoms with E-state index in [4.69, 9.17) is 0 Å². The number of carbonyl (C=O) groups excluding carboxylic acids is 1. The highest BCUT2D eigenvalue weighted by molar-refractivity contribution is 5.77. The molecule has 0 radical (unpaired) electrons. The van der Waals surface area contributed by atoms with Gasteiger partial charge in [-0.3, -0.25) is 4.57 Å². The minimum atomic E-state index is -0.0410. The van der Waals surface area contributed by atoms with Gasteiger partial charge in [0.05, 0.1) is 11.0 Å². The second-order valence-electron chi connectivity index (χ2n) is 4.25. The lowest BCUT2D eigenvalue weighted by Gasteiger charge is -2.01. The molecule has 1 N–H and O–H groups in total. The summed E-state index contributed by atoms with van der Waals surface area (Å²) >= 11 is 0. The monoisotopic (exact) mass is 216 g/mol. The highest BCUT2D eigenvalue weighted by Gasteiger charge is 2.27. The third kappa shape index (κ3) is 1.38. The molecule has 4 heteroatoms. The van der Waals surface area contributed by atoms with Crippen LogP contribution >= 0.6 is 0 Å². The Bertz CT molecular complexity index is 605. The normalized spacial score (nSPS) is 15.5. The molecule has 0 unspecified atom stereocenters. The largest absolute Gasteiger partial charge is 0.326 e. The summed E-state index contributed by atoms with van der Waals surface area (Å²) in [6.07, 6.45) is 3.43. The molecule has 0 bridgehead atoms. The lowest BCUT2D eigenvalue weighted by molar-refractivity contribution is -0.107. The van der Waals surface area contributed by atoms with Gasteiger partial charge in [-0.1, -0.05) is 6.07 Å². The number of benzene rings is 1. The van der Waals surface area contributed by atoms with Crippen molar-refractivity contribution in [3.63, 3.8) is 0 Å². The number of aromatic amines is 1. The van der Waals surface area contributed by atoms with Crippen LogP contribution in [0.2, 0.25) is 0 Å². The van der Waals surface area contributed by atoms with E-state index in [1.54, 1.807) is 0 Å². The van der Waals surface area contributed by atoms with E-state index in [-0.39, 0.29) is 5.69 Å².